The number of nitrogens with zero attached hydrogens (tertiary/aromatic N) is 1. The summed E-state index contributed by atoms with van der Waals surface area (Å²) in [7, 11) is 0. The molecule has 0 saturated carbocycles. The molecule has 0 spiro atoms. The van der Waals surface area contributed by atoms with Crippen LogP contribution in [-0.4, -0.2) is 11.1 Å². The largest absolute Gasteiger partial charge is 0.481 e. The Kier molecular flexibility index (Phi) is 9.36. The predicted octanol–water partition coefficient (Wildman–Crippen LogP) is 7.20. The number of benzene rings is 3. The summed E-state index contributed by atoms with van der Waals surface area (Å²) in [6.45, 7) is 2.11. The van der Waals surface area contributed by atoms with Crippen molar-refractivity contribution >= 4 is 23.0 Å². The van der Waals surface area contributed by atoms with Gasteiger partial charge >= 0.3 is 5.97 Å². The number of rotatable bonds is 8. The Morgan fingerprint density at radius 3 is 1.39 bits per heavy atom. The number of hydrogen-bond acceptors (Lipinski definition) is 2. The number of carbonyl (C=O) groups is 1. The number of carboxylic acids is 1. The molecule has 0 heterocycles. The smallest absolute Gasteiger partial charge is 0.303 e. The van der Waals surface area contributed by atoms with Crippen molar-refractivity contribution < 1.29 is 9.90 Å². The van der Waals surface area contributed by atoms with E-state index in [1.54, 1.807) is 0 Å². The highest BCUT2D eigenvalue weighted by Crippen LogP contribution is 2.33. The number of unbranched alkanes of at least 4 members (excludes halogenated alkanes) is 3. The molecule has 0 aliphatic carbocycles. The zero-order valence-electron chi connectivity index (χ0n) is 16.5. The standard InChI is InChI=1S/C18H15N.C7H14O2/c1-4-10-16(11-5-1)19(17-12-6-2-7-13-17)18-14-8-3-9-15-18;1-2-3-4-5-6-7(8)9/h1-15H;2-6H2,1H3,(H,8,9). The van der Waals surface area contributed by atoms with Crippen molar-refractivity contribution in [3.05, 3.63) is 91.0 Å². The van der Waals surface area contributed by atoms with E-state index in [1.807, 2.05) is 18.2 Å². The Morgan fingerprint density at radius 2 is 1.07 bits per heavy atom. The molecule has 3 aromatic carbocycles. The van der Waals surface area contributed by atoms with Crippen LogP contribution in [0.2, 0.25) is 0 Å². The molecule has 0 amide bonds. The van der Waals surface area contributed by atoms with Gasteiger partial charge in [-0.3, -0.25) is 4.79 Å². The first-order chi connectivity index (χ1) is 13.7. The Hall–Kier alpha value is -3.07. The lowest BCUT2D eigenvalue weighted by molar-refractivity contribution is -0.137. The molecular formula is C25H29NO2. The number of para-hydroxylation sites is 3. The second-order valence-corrected chi connectivity index (χ2v) is 6.55. The van der Waals surface area contributed by atoms with E-state index in [4.69, 9.17) is 5.11 Å². The van der Waals surface area contributed by atoms with Crippen molar-refractivity contribution in [1.29, 1.82) is 0 Å². The lowest BCUT2D eigenvalue weighted by atomic mass is 10.2. The van der Waals surface area contributed by atoms with Crippen LogP contribution in [0.1, 0.15) is 39.0 Å². The van der Waals surface area contributed by atoms with E-state index in [2.05, 4.69) is 84.6 Å². The quantitative estimate of drug-likeness (QED) is 0.423. The fourth-order valence-corrected chi connectivity index (χ4v) is 2.88. The van der Waals surface area contributed by atoms with E-state index in [0.717, 1.165) is 19.3 Å². The maximum atomic E-state index is 9.96. The van der Waals surface area contributed by atoms with Crippen molar-refractivity contribution in [3.63, 3.8) is 0 Å². The summed E-state index contributed by atoms with van der Waals surface area (Å²) in [5.41, 5.74) is 3.50. The van der Waals surface area contributed by atoms with Crippen LogP contribution in [0.15, 0.2) is 91.0 Å². The molecular weight excluding hydrogens is 346 g/mol. The highest BCUT2D eigenvalue weighted by atomic mass is 16.4. The number of anilines is 3. The Labute approximate surface area is 168 Å². The summed E-state index contributed by atoms with van der Waals surface area (Å²) in [6.07, 6.45) is 4.55. The molecule has 0 bridgehead atoms. The van der Waals surface area contributed by atoms with Crippen LogP contribution < -0.4 is 4.90 Å². The van der Waals surface area contributed by atoms with Crippen LogP contribution in [0.5, 0.6) is 0 Å². The van der Waals surface area contributed by atoms with Gasteiger partial charge in [0.15, 0.2) is 0 Å². The summed E-state index contributed by atoms with van der Waals surface area (Å²) in [4.78, 5) is 12.2. The molecule has 1 N–H and O–H groups in total. The molecule has 0 radical (unpaired) electrons. The summed E-state index contributed by atoms with van der Waals surface area (Å²) in [5.74, 6) is -0.675. The highest BCUT2D eigenvalue weighted by Gasteiger charge is 2.10. The molecule has 0 atom stereocenters. The van der Waals surface area contributed by atoms with Crippen LogP contribution >= 0.6 is 0 Å². The SMILES string of the molecule is CCCCCCC(=O)O.c1ccc(N(c2ccccc2)c2ccccc2)cc1. The minimum absolute atomic E-state index is 0.333. The van der Waals surface area contributed by atoms with Crippen LogP contribution in [0, 0.1) is 0 Å². The van der Waals surface area contributed by atoms with Crippen LogP contribution in [-0.2, 0) is 4.79 Å². The first-order valence-electron chi connectivity index (χ1n) is 9.89. The van der Waals surface area contributed by atoms with Gasteiger partial charge in [-0.15, -0.1) is 0 Å². The average molecular weight is 376 g/mol. The summed E-state index contributed by atoms with van der Waals surface area (Å²) < 4.78 is 0. The molecule has 3 rings (SSSR count). The van der Waals surface area contributed by atoms with E-state index in [9.17, 15) is 4.79 Å². The molecule has 0 aromatic heterocycles. The average Bonchev–Trinajstić information content (AvgIpc) is 2.74. The molecule has 0 fully saturated rings. The van der Waals surface area contributed by atoms with Gasteiger partial charge in [0.2, 0.25) is 0 Å². The van der Waals surface area contributed by atoms with Gasteiger partial charge < -0.3 is 10.0 Å². The molecule has 0 aliphatic rings. The lowest BCUT2D eigenvalue weighted by Gasteiger charge is -2.25. The Balaban J connectivity index is 0.000000266. The van der Waals surface area contributed by atoms with Crippen LogP contribution in [0.3, 0.4) is 0 Å². The first-order valence-corrected chi connectivity index (χ1v) is 9.89. The van der Waals surface area contributed by atoms with Gasteiger partial charge in [0, 0.05) is 23.5 Å². The van der Waals surface area contributed by atoms with Gasteiger partial charge in [0.25, 0.3) is 0 Å². The van der Waals surface area contributed by atoms with Crippen molar-refractivity contribution in [2.45, 2.75) is 39.0 Å². The Bertz CT molecular complexity index is 695. The zero-order valence-corrected chi connectivity index (χ0v) is 16.5. The van der Waals surface area contributed by atoms with Gasteiger partial charge in [-0.1, -0.05) is 80.8 Å². The third-order valence-electron chi connectivity index (χ3n) is 4.29. The summed E-state index contributed by atoms with van der Waals surface area (Å²) >= 11 is 0. The monoisotopic (exact) mass is 375 g/mol. The van der Waals surface area contributed by atoms with Gasteiger partial charge in [-0.2, -0.15) is 0 Å². The molecule has 0 unspecified atom stereocenters. The predicted molar refractivity (Wildman–Crippen MR) is 118 cm³/mol. The van der Waals surface area contributed by atoms with Gasteiger partial charge in [-0.05, 0) is 42.8 Å². The molecule has 0 aliphatic heterocycles. The molecule has 3 heteroatoms. The first kappa shape index (κ1) is 21.2. The Morgan fingerprint density at radius 1 is 0.679 bits per heavy atom. The molecule has 146 valence electrons. The number of aliphatic carboxylic acids is 1. The molecule has 3 aromatic rings. The summed E-state index contributed by atoms with van der Waals surface area (Å²) in [6, 6.07) is 31.3. The third-order valence-corrected chi connectivity index (χ3v) is 4.29. The minimum atomic E-state index is -0.675. The van der Waals surface area contributed by atoms with E-state index >= 15 is 0 Å². The summed E-state index contributed by atoms with van der Waals surface area (Å²) in [5, 5.41) is 8.21. The van der Waals surface area contributed by atoms with E-state index in [1.165, 1.54) is 23.5 Å². The van der Waals surface area contributed by atoms with Crippen molar-refractivity contribution in [2.24, 2.45) is 0 Å². The normalized spacial score (nSPS) is 9.89. The van der Waals surface area contributed by atoms with Gasteiger partial charge in [-0.25, -0.2) is 0 Å². The maximum Gasteiger partial charge on any atom is 0.303 e. The molecule has 28 heavy (non-hydrogen) atoms. The number of carboxylic acid groups (broad SMARTS) is 1. The lowest BCUT2D eigenvalue weighted by Crippen LogP contribution is -2.09. The van der Waals surface area contributed by atoms with Crippen molar-refractivity contribution in [1.82, 2.24) is 0 Å². The van der Waals surface area contributed by atoms with E-state index in [0.29, 0.717) is 6.42 Å². The maximum absolute atomic E-state index is 9.96. The fraction of sp³-hybridized carbons (Fsp3) is 0.240. The minimum Gasteiger partial charge on any atom is -0.481 e. The third kappa shape index (κ3) is 7.28. The van der Waals surface area contributed by atoms with Crippen LogP contribution in [0.4, 0.5) is 17.1 Å². The second-order valence-electron chi connectivity index (χ2n) is 6.55. The van der Waals surface area contributed by atoms with Crippen molar-refractivity contribution in [2.75, 3.05) is 4.90 Å². The van der Waals surface area contributed by atoms with Gasteiger partial charge in [0.1, 0.15) is 0 Å². The molecule has 0 saturated heterocycles. The fourth-order valence-electron chi connectivity index (χ4n) is 2.88. The zero-order chi connectivity index (χ0) is 20.0. The van der Waals surface area contributed by atoms with Crippen LogP contribution in [0.25, 0.3) is 0 Å². The highest BCUT2D eigenvalue weighted by molar-refractivity contribution is 5.76. The van der Waals surface area contributed by atoms with E-state index < -0.39 is 5.97 Å². The molecule has 3 nitrogen and oxygen atoms in total. The van der Waals surface area contributed by atoms with Gasteiger partial charge in [0.05, 0.1) is 0 Å². The number of hydrogen-bond donors (Lipinski definition) is 1. The van der Waals surface area contributed by atoms with E-state index in [-0.39, 0.29) is 0 Å². The van der Waals surface area contributed by atoms with Crippen molar-refractivity contribution in [3.8, 4) is 0 Å². The second kappa shape index (κ2) is 12.3. The topological polar surface area (TPSA) is 40.5 Å².